The number of hydrogen-bond acceptors (Lipinski definition) is 3. The third-order valence-electron chi connectivity index (χ3n) is 2.44. The van der Waals surface area contributed by atoms with Crippen LogP contribution in [0.25, 0.3) is 0 Å². The van der Waals surface area contributed by atoms with Crippen LogP contribution in [0.4, 0.5) is 0 Å². The number of benzene rings is 1. The van der Waals surface area contributed by atoms with Crippen LogP contribution in [0.1, 0.15) is 24.2 Å². The second kappa shape index (κ2) is 5.57. The van der Waals surface area contributed by atoms with Crippen LogP contribution in [0.5, 0.6) is 0 Å². The van der Waals surface area contributed by atoms with E-state index in [0.717, 1.165) is 16.7 Å². The van der Waals surface area contributed by atoms with E-state index in [1.807, 2.05) is 11.6 Å². The van der Waals surface area contributed by atoms with Crippen molar-refractivity contribution in [3.8, 4) is 0 Å². The van der Waals surface area contributed by atoms with E-state index in [0.29, 0.717) is 6.04 Å². The van der Waals surface area contributed by atoms with Gasteiger partial charge in [0.2, 0.25) is 0 Å². The normalized spacial score (nSPS) is 12.6. The van der Waals surface area contributed by atoms with Crippen LogP contribution >= 0.6 is 27.3 Å². The lowest BCUT2D eigenvalue weighted by atomic mass is 10.1. The molecule has 0 aliphatic rings. The third kappa shape index (κ3) is 2.90. The number of nitrogens with zero attached hydrogens (tertiary/aromatic N) is 1. The molecule has 0 radical (unpaired) electrons. The molecule has 1 heterocycles. The summed E-state index contributed by atoms with van der Waals surface area (Å²) in [5.74, 6) is 0. The van der Waals surface area contributed by atoms with Crippen molar-refractivity contribution < 1.29 is 0 Å². The summed E-state index contributed by atoms with van der Waals surface area (Å²) in [5.41, 5.74) is 4.24. The maximum absolute atomic E-state index is 4.25. The zero-order chi connectivity index (χ0) is 11.4. The molecule has 84 valence electrons. The van der Waals surface area contributed by atoms with Crippen molar-refractivity contribution in [2.45, 2.75) is 19.5 Å². The van der Waals surface area contributed by atoms with E-state index in [1.165, 1.54) is 5.56 Å². The molecule has 4 heteroatoms. The summed E-state index contributed by atoms with van der Waals surface area (Å²) >= 11 is 5.19. The van der Waals surface area contributed by atoms with Crippen LogP contribution in [-0.4, -0.2) is 4.98 Å². The Balaban J connectivity index is 1.98. The third-order valence-corrected chi connectivity index (χ3v) is 3.80. The first-order valence-corrected chi connectivity index (χ1v) is 6.86. The Kier molecular flexibility index (Phi) is 4.09. The Morgan fingerprint density at radius 3 is 2.94 bits per heavy atom. The van der Waals surface area contributed by atoms with E-state index < -0.39 is 0 Å². The molecular weight excluding hydrogens is 284 g/mol. The molecule has 0 amide bonds. The van der Waals surface area contributed by atoms with Gasteiger partial charge in [-0.2, -0.15) is 0 Å². The van der Waals surface area contributed by atoms with Gasteiger partial charge in [0, 0.05) is 22.4 Å². The standard InChI is InChI=1S/C12H13BrN2S/c1-9(11-4-2-3-5-12(11)13)14-6-10-7-16-8-15-10/h2-5,7-9,14H,6H2,1H3/t9-/m0/s1. The fourth-order valence-corrected chi connectivity index (χ4v) is 2.71. The zero-order valence-electron chi connectivity index (χ0n) is 8.98. The maximum atomic E-state index is 4.25. The number of hydrogen-bond donors (Lipinski definition) is 1. The minimum atomic E-state index is 0.317. The maximum Gasteiger partial charge on any atom is 0.0795 e. The molecule has 0 saturated carbocycles. The fraction of sp³-hybridized carbons (Fsp3) is 0.250. The number of thiazole rings is 1. The Morgan fingerprint density at radius 1 is 1.44 bits per heavy atom. The predicted octanol–water partition coefficient (Wildman–Crippen LogP) is 3.76. The van der Waals surface area contributed by atoms with Gasteiger partial charge in [-0.3, -0.25) is 0 Å². The average molecular weight is 297 g/mol. The van der Waals surface area contributed by atoms with Gasteiger partial charge in [0.1, 0.15) is 0 Å². The van der Waals surface area contributed by atoms with Crippen LogP contribution in [0.2, 0.25) is 0 Å². The summed E-state index contributed by atoms with van der Waals surface area (Å²) in [6, 6.07) is 8.60. The van der Waals surface area contributed by atoms with E-state index in [2.05, 4.69) is 56.7 Å². The summed E-state index contributed by atoms with van der Waals surface area (Å²) in [4.78, 5) is 4.25. The highest BCUT2D eigenvalue weighted by Crippen LogP contribution is 2.22. The van der Waals surface area contributed by atoms with Crippen LogP contribution in [0.3, 0.4) is 0 Å². The summed E-state index contributed by atoms with van der Waals surface area (Å²) < 4.78 is 1.15. The van der Waals surface area contributed by atoms with Gasteiger partial charge >= 0.3 is 0 Å². The SMILES string of the molecule is C[C@H](NCc1cscn1)c1ccccc1Br. The second-order valence-electron chi connectivity index (χ2n) is 3.60. The molecule has 0 unspecified atom stereocenters. The molecule has 2 aromatic rings. The van der Waals surface area contributed by atoms with Crippen molar-refractivity contribution in [3.05, 3.63) is 50.9 Å². The molecule has 1 atom stereocenters. The summed E-state index contributed by atoms with van der Waals surface area (Å²) in [5, 5.41) is 5.53. The lowest BCUT2D eigenvalue weighted by Crippen LogP contribution is -2.18. The van der Waals surface area contributed by atoms with Gasteiger partial charge in [0.05, 0.1) is 11.2 Å². The fourth-order valence-electron chi connectivity index (χ4n) is 1.52. The molecule has 16 heavy (non-hydrogen) atoms. The van der Waals surface area contributed by atoms with Gasteiger partial charge in [0.15, 0.2) is 0 Å². The largest absolute Gasteiger partial charge is 0.304 e. The van der Waals surface area contributed by atoms with Crippen LogP contribution in [0, 0.1) is 0 Å². The predicted molar refractivity (Wildman–Crippen MR) is 71.5 cm³/mol. The molecular formula is C12H13BrN2S. The molecule has 1 N–H and O–H groups in total. The average Bonchev–Trinajstić information content (AvgIpc) is 2.79. The molecule has 0 aliphatic heterocycles. The van der Waals surface area contributed by atoms with Gasteiger partial charge in [-0.1, -0.05) is 34.1 Å². The second-order valence-corrected chi connectivity index (χ2v) is 5.18. The van der Waals surface area contributed by atoms with E-state index in [9.17, 15) is 0 Å². The lowest BCUT2D eigenvalue weighted by molar-refractivity contribution is 0.567. The number of aromatic nitrogens is 1. The Bertz CT molecular complexity index is 442. The summed E-state index contributed by atoms with van der Waals surface area (Å²) in [7, 11) is 0. The van der Waals surface area contributed by atoms with Crippen molar-refractivity contribution in [2.24, 2.45) is 0 Å². The van der Waals surface area contributed by atoms with Crippen LogP contribution in [-0.2, 0) is 6.54 Å². The van der Waals surface area contributed by atoms with E-state index in [1.54, 1.807) is 11.3 Å². The van der Waals surface area contributed by atoms with Gasteiger partial charge in [0.25, 0.3) is 0 Å². The van der Waals surface area contributed by atoms with E-state index >= 15 is 0 Å². The van der Waals surface area contributed by atoms with Crippen molar-refractivity contribution in [2.75, 3.05) is 0 Å². The van der Waals surface area contributed by atoms with E-state index in [-0.39, 0.29) is 0 Å². The Hall–Kier alpha value is -0.710. The molecule has 0 fully saturated rings. The van der Waals surface area contributed by atoms with Crippen molar-refractivity contribution in [1.82, 2.24) is 10.3 Å². The highest BCUT2D eigenvalue weighted by atomic mass is 79.9. The zero-order valence-corrected chi connectivity index (χ0v) is 11.4. The minimum Gasteiger partial charge on any atom is -0.304 e. The van der Waals surface area contributed by atoms with Gasteiger partial charge in [-0.15, -0.1) is 11.3 Å². The van der Waals surface area contributed by atoms with Crippen LogP contribution in [0.15, 0.2) is 39.6 Å². The molecule has 0 bridgehead atoms. The smallest absolute Gasteiger partial charge is 0.0795 e. The summed E-state index contributed by atoms with van der Waals surface area (Å²) in [6.07, 6.45) is 0. The van der Waals surface area contributed by atoms with E-state index in [4.69, 9.17) is 0 Å². The molecule has 2 nitrogen and oxygen atoms in total. The van der Waals surface area contributed by atoms with Gasteiger partial charge in [-0.25, -0.2) is 4.98 Å². The quantitative estimate of drug-likeness (QED) is 0.929. The summed E-state index contributed by atoms with van der Waals surface area (Å²) in [6.45, 7) is 2.97. The molecule has 0 spiro atoms. The number of halogens is 1. The first-order valence-electron chi connectivity index (χ1n) is 5.12. The first-order chi connectivity index (χ1) is 7.77. The van der Waals surface area contributed by atoms with Crippen LogP contribution < -0.4 is 5.32 Å². The monoisotopic (exact) mass is 296 g/mol. The lowest BCUT2D eigenvalue weighted by Gasteiger charge is -2.14. The Morgan fingerprint density at radius 2 is 2.25 bits per heavy atom. The number of nitrogens with one attached hydrogen (secondary N) is 1. The molecule has 0 saturated heterocycles. The highest BCUT2D eigenvalue weighted by Gasteiger charge is 2.08. The molecule has 1 aromatic carbocycles. The molecule has 1 aromatic heterocycles. The Labute approximate surface area is 108 Å². The molecule has 0 aliphatic carbocycles. The van der Waals surface area contributed by atoms with Crippen molar-refractivity contribution in [1.29, 1.82) is 0 Å². The van der Waals surface area contributed by atoms with Crippen molar-refractivity contribution >= 4 is 27.3 Å². The minimum absolute atomic E-state index is 0.317. The highest BCUT2D eigenvalue weighted by molar-refractivity contribution is 9.10. The van der Waals surface area contributed by atoms with Gasteiger partial charge < -0.3 is 5.32 Å². The van der Waals surface area contributed by atoms with Gasteiger partial charge in [-0.05, 0) is 18.6 Å². The van der Waals surface area contributed by atoms with Crippen molar-refractivity contribution in [3.63, 3.8) is 0 Å². The topological polar surface area (TPSA) is 24.9 Å². The number of rotatable bonds is 4. The molecule has 2 rings (SSSR count). The first kappa shape index (κ1) is 11.8.